The van der Waals surface area contributed by atoms with E-state index >= 15 is 0 Å². The molecule has 54 heavy (non-hydrogen) atoms. The van der Waals surface area contributed by atoms with E-state index in [0.717, 1.165) is 48.3 Å². The number of aryl methyl sites for hydroxylation is 2. The molecule has 260 valence electrons. The van der Waals surface area contributed by atoms with Crippen LogP contribution in [0.5, 0.6) is 0 Å². The van der Waals surface area contributed by atoms with Crippen LogP contribution in [0.4, 0.5) is 17.1 Å². The average Bonchev–Trinajstić information content (AvgIpc) is 3.55. The number of para-hydroxylation sites is 1. The molecule has 0 aliphatic heterocycles. The first-order valence-corrected chi connectivity index (χ1v) is 19.1. The maximum atomic E-state index is 3.91. The van der Waals surface area contributed by atoms with Gasteiger partial charge in [0, 0.05) is 17.1 Å². The van der Waals surface area contributed by atoms with Gasteiger partial charge < -0.3 is 4.90 Å². The van der Waals surface area contributed by atoms with Gasteiger partial charge >= 0.3 is 0 Å². The molecule has 1 heteroatoms. The Hall–Kier alpha value is -6.44. The van der Waals surface area contributed by atoms with Gasteiger partial charge in [0.25, 0.3) is 0 Å². The molecule has 0 heterocycles. The third-order valence-electron chi connectivity index (χ3n) is 11.3. The van der Waals surface area contributed by atoms with Gasteiger partial charge in [0.05, 0.1) is 5.41 Å². The van der Waals surface area contributed by atoms with E-state index in [0.29, 0.717) is 0 Å². The zero-order valence-electron chi connectivity index (χ0n) is 30.5. The molecule has 0 aromatic heterocycles. The van der Waals surface area contributed by atoms with E-state index in [4.69, 9.17) is 0 Å². The summed E-state index contributed by atoms with van der Waals surface area (Å²) in [6.45, 7) is 3.91. The van der Waals surface area contributed by atoms with Crippen LogP contribution in [-0.2, 0) is 18.3 Å². The molecule has 0 bridgehead atoms. The Morgan fingerprint density at radius 1 is 0.537 bits per heavy atom. The summed E-state index contributed by atoms with van der Waals surface area (Å²) in [6, 6.07) is 67.1. The Morgan fingerprint density at radius 3 is 1.76 bits per heavy atom. The van der Waals surface area contributed by atoms with E-state index in [2.05, 4.69) is 206 Å². The van der Waals surface area contributed by atoms with Gasteiger partial charge in [-0.15, -0.1) is 0 Å². The lowest BCUT2D eigenvalue weighted by Crippen LogP contribution is -2.30. The van der Waals surface area contributed by atoms with Crippen molar-refractivity contribution in [3.63, 3.8) is 0 Å². The van der Waals surface area contributed by atoms with Crippen molar-refractivity contribution in [3.8, 4) is 11.1 Å². The highest BCUT2D eigenvalue weighted by atomic mass is 15.1. The lowest BCUT2D eigenvalue weighted by molar-refractivity contribution is 0.696. The van der Waals surface area contributed by atoms with E-state index in [-0.39, 0.29) is 0 Å². The maximum absolute atomic E-state index is 3.91. The van der Waals surface area contributed by atoms with Gasteiger partial charge in [0.15, 0.2) is 0 Å². The van der Waals surface area contributed by atoms with Gasteiger partial charge in [-0.3, -0.25) is 0 Å². The summed E-state index contributed by atoms with van der Waals surface area (Å²) in [5.74, 6) is 0. The van der Waals surface area contributed by atoms with Gasteiger partial charge in [-0.25, -0.2) is 0 Å². The minimum atomic E-state index is -0.411. The zero-order chi connectivity index (χ0) is 36.3. The topological polar surface area (TPSA) is 3.24 Å². The second-order valence-corrected chi connectivity index (χ2v) is 14.4. The van der Waals surface area contributed by atoms with E-state index in [1.807, 2.05) is 6.08 Å². The quantitative estimate of drug-likeness (QED) is 0.138. The summed E-state index contributed by atoms with van der Waals surface area (Å²) in [6.07, 6.45) is 10.7. The second kappa shape index (κ2) is 14.5. The highest BCUT2D eigenvalue weighted by Gasteiger charge is 2.47. The highest BCUT2D eigenvalue weighted by molar-refractivity contribution is 5.92. The lowest BCUT2D eigenvalue weighted by Gasteiger charge is -2.37. The molecule has 1 nitrogen and oxygen atoms in total. The minimum absolute atomic E-state index is 0.411. The highest BCUT2D eigenvalue weighted by Crippen LogP contribution is 2.58. The van der Waals surface area contributed by atoms with Crippen LogP contribution in [-0.4, -0.2) is 0 Å². The van der Waals surface area contributed by atoms with Crippen molar-refractivity contribution < 1.29 is 0 Å². The average molecular weight is 694 g/mol. The minimum Gasteiger partial charge on any atom is -0.310 e. The molecule has 2 aliphatic carbocycles. The van der Waals surface area contributed by atoms with Crippen molar-refractivity contribution in [1.82, 2.24) is 0 Å². The third kappa shape index (κ3) is 6.02. The molecule has 7 aromatic rings. The fourth-order valence-electron chi connectivity index (χ4n) is 8.69. The number of rotatable bonds is 10. The fraction of sp³-hybridized carbons (Fsp3) is 0.0943. The molecule has 2 aliphatic rings. The molecule has 1 unspecified atom stereocenters. The number of hydrogen-bond acceptors (Lipinski definition) is 1. The van der Waals surface area contributed by atoms with Crippen molar-refractivity contribution in [2.75, 3.05) is 4.90 Å². The number of nitrogens with zero attached hydrogens (tertiary/aromatic N) is 1. The van der Waals surface area contributed by atoms with Crippen molar-refractivity contribution in [2.45, 2.75) is 31.1 Å². The Kier molecular flexibility index (Phi) is 8.99. The normalized spacial score (nSPS) is 15.8. The first-order valence-electron chi connectivity index (χ1n) is 19.1. The number of benzene rings is 7. The molecule has 0 amide bonds. The fourth-order valence-corrected chi connectivity index (χ4v) is 8.69. The monoisotopic (exact) mass is 693 g/mol. The van der Waals surface area contributed by atoms with Crippen LogP contribution in [0.15, 0.2) is 206 Å². The maximum Gasteiger partial charge on any atom is 0.0677 e. The van der Waals surface area contributed by atoms with Crippen molar-refractivity contribution >= 4 is 28.7 Å². The lowest BCUT2D eigenvalue weighted by atomic mass is 9.65. The largest absolute Gasteiger partial charge is 0.310 e. The van der Waals surface area contributed by atoms with Crippen LogP contribution in [0.25, 0.3) is 22.8 Å². The van der Waals surface area contributed by atoms with Crippen molar-refractivity contribution in [2.24, 2.45) is 0 Å². The van der Waals surface area contributed by atoms with E-state index in [1.54, 1.807) is 0 Å². The van der Waals surface area contributed by atoms with Crippen LogP contribution in [0.2, 0.25) is 0 Å². The second-order valence-electron chi connectivity index (χ2n) is 14.4. The SMILES string of the molecule is C=Cc1ccc(CCc2ccc(C3(c4ccccc4)C4=C(C=CCC4)c4ccc(N(c5ccccc5)c5ccc(-c6ccccc6)cc5)cc43)cc2)cc1. The van der Waals surface area contributed by atoms with Gasteiger partial charge in [-0.05, 0) is 123 Å². The standard InChI is InChI=1S/C53H43N/c1-2-39-22-24-40(25-23-39)26-27-41-28-32-45(33-29-41)53(44-16-8-4-9-17-44)51-21-13-12-20-49(51)50-37-36-48(38-52(50)53)54(46-18-10-5-11-19-46)47-34-30-43(31-35-47)42-14-6-3-7-15-42/h2-12,14-20,22-25,28-38H,1,13,21,26-27H2. The Bertz CT molecular complexity index is 2460. The molecule has 7 aromatic carbocycles. The van der Waals surface area contributed by atoms with Gasteiger partial charge in [-0.2, -0.15) is 0 Å². The summed E-state index contributed by atoms with van der Waals surface area (Å²) >= 11 is 0. The molecule has 9 rings (SSSR count). The molecular weight excluding hydrogens is 651 g/mol. The number of hydrogen-bond donors (Lipinski definition) is 0. The van der Waals surface area contributed by atoms with E-state index in [9.17, 15) is 0 Å². The van der Waals surface area contributed by atoms with Crippen LogP contribution in [0, 0.1) is 0 Å². The number of fused-ring (bicyclic) bond motifs is 2. The Labute approximate surface area is 319 Å². The molecule has 0 fully saturated rings. The predicted octanol–water partition coefficient (Wildman–Crippen LogP) is 13.7. The molecule has 0 spiro atoms. The molecular formula is C53H43N. The number of anilines is 3. The predicted molar refractivity (Wildman–Crippen MR) is 229 cm³/mol. The Balaban J connectivity index is 1.17. The van der Waals surface area contributed by atoms with E-state index in [1.165, 1.54) is 55.7 Å². The first kappa shape index (κ1) is 33.4. The smallest absolute Gasteiger partial charge is 0.0677 e. The van der Waals surface area contributed by atoms with Crippen molar-refractivity contribution in [1.29, 1.82) is 0 Å². The van der Waals surface area contributed by atoms with Gasteiger partial charge in [0.2, 0.25) is 0 Å². The summed E-state index contributed by atoms with van der Waals surface area (Å²) in [5.41, 5.74) is 17.5. The van der Waals surface area contributed by atoms with E-state index < -0.39 is 5.41 Å². The molecule has 0 saturated carbocycles. The summed E-state index contributed by atoms with van der Waals surface area (Å²) in [4.78, 5) is 2.41. The van der Waals surface area contributed by atoms with Gasteiger partial charge in [-0.1, -0.05) is 170 Å². The molecule has 0 saturated heterocycles. The van der Waals surface area contributed by atoms with Gasteiger partial charge in [0.1, 0.15) is 0 Å². The zero-order valence-corrected chi connectivity index (χ0v) is 30.5. The van der Waals surface area contributed by atoms with Crippen molar-refractivity contribution in [3.05, 3.63) is 245 Å². The summed E-state index contributed by atoms with van der Waals surface area (Å²) in [5, 5.41) is 0. The summed E-state index contributed by atoms with van der Waals surface area (Å²) < 4.78 is 0. The van der Waals surface area contributed by atoms with Crippen LogP contribution in [0.3, 0.4) is 0 Å². The van der Waals surface area contributed by atoms with Crippen LogP contribution >= 0.6 is 0 Å². The summed E-state index contributed by atoms with van der Waals surface area (Å²) in [7, 11) is 0. The Morgan fingerprint density at radius 2 is 1.09 bits per heavy atom. The molecule has 0 N–H and O–H groups in total. The molecule has 0 radical (unpaired) electrons. The van der Waals surface area contributed by atoms with Crippen LogP contribution < -0.4 is 4.90 Å². The van der Waals surface area contributed by atoms with Crippen LogP contribution in [0.1, 0.15) is 51.8 Å². The number of allylic oxidation sites excluding steroid dienone is 4. The first-order chi connectivity index (χ1) is 26.7. The molecule has 1 atom stereocenters. The third-order valence-corrected chi connectivity index (χ3v) is 11.3.